The van der Waals surface area contributed by atoms with Crippen molar-refractivity contribution in [1.82, 2.24) is 0 Å². The van der Waals surface area contributed by atoms with Gasteiger partial charge in [-0.3, -0.25) is 9.05 Å². The monoisotopic (exact) mass is 560 g/mol. The first-order valence-corrected chi connectivity index (χ1v) is 12.6. The normalized spacial score (nSPS) is 11.1. The maximum atomic E-state index is 11.9. The summed E-state index contributed by atoms with van der Waals surface area (Å²) in [6, 6.07) is 0. The zero-order valence-electron chi connectivity index (χ0n) is 16.2. The van der Waals surface area contributed by atoms with E-state index in [1.165, 1.54) is 36.3 Å². The zero-order chi connectivity index (χ0) is 21.8. The Balaban J connectivity index is 3.66. The third kappa shape index (κ3) is 20.3. The molecule has 0 aliphatic carbocycles. The van der Waals surface area contributed by atoms with Crippen LogP contribution in [-0.2, 0) is 51.5 Å². The van der Waals surface area contributed by atoms with Crippen molar-refractivity contribution in [3.05, 3.63) is 0 Å². The average Bonchev–Trinajstić information content (AvgIpc) is 2.67. The number of methoxy groups -OCH3 is 2. The van der Waals surface area contributed by atoms with E-state index in [1.54, 1.807) is 0 Å². The molecule has 29 heavy (non-hydrogen) atoms. The van der Waals surface area contributed by atoms with Gasteiger partial charge in [-0.25, -0.2) is 14.2 Å². The first-order chi connectivity index (χ1) is 13.9. The lowest BCUT2D eigenvalue weighted by molar-refractivity contribution is -0.0276. The lowest BCUT2D eigenvalue weighted by atomic mass is 10.7. The van der Waals surface area contributed by atoms with Gasteiger partial charge in [-0.15, -0.1) is 0 Å². The highest BCUT2D eigenvalue weighted by Gasteiger charge is 2.22. The minimum Gasteiger partial charge on any atom is -0.432 e. The molecule has 0 aliphatic rings. The summed E-state index contributed by atoms with van der Waals surface area (Å²) in [5, 5.41) is -3.67. The molecule has 0 heterocycles. The molecule has 0 aliphatic heterocycles. The molecule has 15 heteroatoms. The Kier molecular flexibility index (Phi) is 18.7. The van der Waals surface area contributed by atoms with Gasteiger partial charge in [0, 0.05) is 14.2 Å². The highest BCUT2D eigenvalue weighted by Crippen LogP contribution is 2.56. The zero-order valence-corrected chi connectivity index (χ0v) is 19.3. The number of halogens is 1. The molecule has 0 radical (unpaired) electrons. The predicted octanol–water partition coefficient (Wildman–Crippen LogP) is 2.11. The third-order valence-corrected chi connectivity index (χ3v) is 5.02. The van der Waals surface area contributed by atoms with Crippen molar-refractivity contribution in [2.24, 2.45) is 0 Å². The van der Waals surface area contributed by atoms with Gasteiger partial charge in [-0.2, -0.15) is 0 Å². The van der Waals surface area contributed by atoms with E-state index in [9.17, 15) is 14.2 Å². The molecule has 0 fully saturated rings. The van der Waals surface area contributed by atoms with E-state index in [1.807, 2.05) is 0 Å². The minimum absolute atomic E-state index is 0.0334. The number of carbonyl (C=O) groups is 2. The van der Waals surface area contributed by atoms with Crippen molar-refractivity contribution in [2.45, 2.75) is 0 Å². The van der Waals surface area contributed by atoms with Crippen LogP contribution in [0.1, 0.15) is 0 Å². The van der Waals surface area contributed by atoms with E-state index in [0.29, 0.717) is 26.4 Å². The molecule has 0 aromatic carbocycles. The molecule has 0 saturated carbocycles. The van der Waals surface area contributed by atoms with Gasteiger partial charge in [0.05, 0.1) is 61.7 Å². The summed E-state index contributed by atoms with van der Waals surface area (Å²) in [5.41, 5.74) is 0. The number of hydrogen-bond acceptors (Lipinski definition) is 13. The molecule has 0 rings (SSSR count). The molecule has 0 bridgehead atoms. The Bertz CT molecular complexity index is 440. The van der Waals surface area contributed by atoms with Crippen LogP contribution in [-0.4, -0.2) is 93.0 Å². The lowest BCUT2D eigenvalue weighted by Crippen LogP contribution is -2.15. The highest BCUT2D eigenvalue weighted by atomic mass is 127. The Morgan fingerprint density at radius 3 is 1.41 bits per heavy atom. The number of carbonyl (C=O) groups excluding carboxylic acids is 2. The highest BCUT2D eigenvalue weighted by molar-refractivity contribution is 14.2. The predicted molar refractivity (Wildman–Crippen MR) is 104 cm³/mol. The number of hydrogen-bond donors (Lipinski definition) is 0. The number of ether oxygens (including phenoxy) is 8. The average molecular weight is 560 g/mol. The van der Waals surface area contributed by atoms with E-state index in [0.717, 1.165) is 0 Å². The molecular formula is C14H26IO13P. The summed E-state index contributed by atoms with van der Waals surface area (Å²) in [7, 11) is 3.07. The van der Waals surface area contributed by atoms with Gasteiger partial charge in [0.15, 0.2) is 0 Å². The van der Waals surface area contributed by atoms with Gasteiger partial charge >= 0.3 is 17.5 Å². The molecule has 0 amide bonds. The summed E-state index contributed by atoms with van der Waals surface area (Å²) in [6.07, 6.45) is -2.08. The lowest BCUT2D eigenvalue weighted by Gasteiger charge is -2.13. The van der Waals surface area contributed by atoms with Crippen molar-refractivity contribution in [2.75, 3.05) is 80.7 Å². The van der Waals surface area contributed by atoms with Crippen LogP contribution in [0.5, 0.6) is 0 Å². The van der Waals surface area contributed by atoms with Crippen molar-refractivity contribution in [3.8, 4) is 0 Å². The molecule has 0 N–H and O–H groups in total. The van der Waals surface area contributed by atoms with Gasteiger partial charge in [0.1, 0.15) is 13.2 Å². The van der Waals surface area contributed by atoms with Gasteiger partial charge < -0.3 is 37.9 Å². The van der Waals surface area contributed by atoms with E-state index in [-0.39, 0.29) is 26.4 Å². The second kappa shape index (κ2) is 19.2. The fourth-order valence-corrected chi connectivity index (χ4v) is 2.37. The van der Waals surface area contributed by atoms with Crippen LogP contribution in [0, 0.1) is 0 Å². The minimum atomic E-state index is -3.67. The van der Waals surface area contributed by atoms with Crippen LogP contribution in [0.4, 0.5) is 9.59 Å². The van der Waals surface area contributed by atoms with E-state index in [4.69, 9.17) is 28.0 Å². The molecular weight excluding hydrogens is 534 g/mol. The van der Waals surface area contributed by atoms with Crippen LogP contribution in [0.3, 0.4) is 0 Å². The third-order valence-electron chi connectivity index (χ3n) is 2.53. The van der Waals surface area contributed by atoms with Crippen molar-refractivity contribution in [3.63, 3.8) is 0 Å². The van der Waals surface area contributed by atoms with Crippen LogP contribution < -0.4 is 0 Å². The van der Waals surface area contributed by atoms with E-state index >= 15 is 0 Å². The van der Waals surface area contributed by atoms with E-state index in [2.05, 4.69) is 18.9 Å². The quantitative estimate of drug-likeness (QED) is 0.0795. The molecule has 0 atom stereocenters. The summed E-state index contributed by atoms with van der Waals surface area (Å²) in [4.78, 5) is 22.5. The van der Waals surface area contributed by atoms with Gasteiger partial charge in [-0.05, 0) is 0 Å². The molecule has 0 aromatic rings. The molecule has 0 spiro atoms. The van der Waals surface area contributed by atoms with Crippen LogP contribution >= 0.6 is 27.3 Å². The number of rotatable bonds is 18. The molecule has 172 valence electrons. The Labute approximate surface area is 181 Å². The summed E-state index contributed by atoms with van der Waals surface area (Å²) < 4.78 is 59.6. The van der Waals surface area contributed by atoms with Gasteiger partial charge in [0.2, 0.25) is 13.6 Å². The fraction of sp³-hybridized carbons (Fsp3) is 0.857. The fourth-order valence-electron chi connectivity index (χ4n) is 1.25. The SMILES string of the molecule is COCCOCCOC(=O)OCOP(=O)(I)OCOC(=O)OCCOCCOC. The standard InChI is InChI=1S/C14H26IO13P/c1-19-3-5-21-7-9-23-13(16)25-11-27-29(15,18)28-12-26-14(17)24-10-8-22-6-4-20-2/h3-12H2,1-2H3. The Morgan fingerprint density at radius 2 is 1.03 bits per heavy atom. The van der Waals surface area contributed by atoms with Crippen LogP contribution in [0.25, 0.3) is 0 Å². The molecule has 0 saturated heterocycles. The van der Waals surface area contributed by atoms with Crippen molar-refractivity contribution < 1.29 is 61.1 Å². The Morgan fingerprint density at radius 1 is 0.655 bits per heavy atom. The van der Waals surface area contributed by atoms with Gasteiger partial charge in [-0.1, -0.05) is 0 Å². The summed E-state index contributed by atoms with van der Waals surface area (Å²) in [5.74, 6) is 0. The maximum Gasteiger partial charge on any atom is 0.510 e. The Hall–Kier alpha value is -0.740. The van der Waals surface area contributed by atoms with Crippen LogP contribution in [0.2, 0.25) is 0 Å². The topological polar surface area (TPSA) is 144 Å². The largest absolute Gasteiger partial charge is 0.510 e. The first-order valence-electron chi connectivity index (χ1n) is 8.22. The van der Waals surface area contributed by atoms with E-state index < -0.39 is 31.1 Å². The molecule has 0 unspecified atom stereocenters. The molecule has 13 nitrogen and oxygen atoms in total. The second-order valence-corrected chi connectivity index (χ2v) is 9.54. The maximum absolute atomic E-state index is 11.9. The first kappa shape index (κ1) is 28.3. The molecule has 0 aromatic heterocycles. The summed E-state index contributed by atoms with van der Waals surface area (Å²) >= 11 is 1.35. The van der Waals surface area contributed by atoms with Crippen molar-refractivity contribution >= 4 is 39.6 Å². The van der Waals surface area contributed by atoms with Crippen molar-refractivity contribution in [1.29, 1.82) is 0 Å². The smallest absolute Gasteiger partial charge is 0.432 e. The van der Waals surface area contributed by atoms with Gasteiger partial charge in [0.25, 0.3) is 0 Å². The van der Waals surface area contributed by atoms with Crippen LogP contribution in [0.15, 0.2) is 0 Å². The summed E-state index contributed by atoms with van der Waals surface area (Å²) in [6.45, 7) is 0.473. The second-order valence-electron chi connectivity index (χ2n) is 4.62.